The van der Waals surface area contributed by atoms with Crippen LogP contribution in [0, 0.1) is 5.92 Å². The molecule has 0 rings (SSSR count). The van der Waals surface area contributed by atoms with Crippen LogP contribution in [0.2, 0.25) is 0 Å². The molecule has 0 aromatic rings. The second-order valence-electron chi connectivity index (χ2n) is 6.33. The summed E-state index contributed by atoms with van der Waals surface area (Å²) in [5, 5.41) is 25.9. The molecule has 0 aliphatic rings. The van der Waals surface area contributed by atoms with Crippen LogP contribution in [0.5, 0.6) is 0 Å². The van der Waals surface area contributed by atoms with Gasteiger partial charge in [0.05, 0.1) is 12.1 Å². The van der Waals surface area contributed by atoms with Crippen molar-refractivity contribution in [1.82, 2.24) is 16.0 Å². The van der Waals surface area contributed by atoms with E-state index in [1.165, 1.54) is 13.8 Å². The number of carbonyl (C=O) groups excluding carboxylic acids is 3. The molecule has 10 nitrogen and oxygen atoms in total. The number of carboxylic acid groups (broad SMARTS) is 1. The van der Waals surface area contributed by atoms with E-state index in [0.717, 1.165) is 0 Å². The fourth-order valence-corrected chi connectivity index (χ4v) is 2.17. The second-order valence-corrected chi connectivity index (χ2v) is 6.69. The summed E-state index contributed by atoms with van der Waals surface area (Å²) >= 11 is 3.98. The third-order valence-electron chi connectivity index (χ3n) is 3.52. The number of carboxylic acids is 1. The minimum atomic E-state index is -1.40. The van der Waals surface area contributed by atoms with Crippen LogP contribution in [0.3, 0.4) is 0 Å². The lowest BCUT2D eigenvalue weighted by Crippen LogP contribution is -2.60. The van der Waals surface area contributed by atoms with E-state index < -0.39 is 59.9 Å². The summed E-state index contributed by atoms with van der Waals surface area (Å²) in [6.45, 7) is 5.92. The van der Waals surface area contributed by atoms with Crippen molar-refractivity contribution in [1.29, 1.82) is 0 Å². The normalized spacial score (nSPS) is 16.8. The monoisotopic (exact) mass is 392 g/mol. The third-order valence-corrected chi connectivity index (χ3v) is 3.89. The topological polar surface area (TPSA) is 171 Å². The minimum absolute atomic E-state index is 0.0673. The van der Waals surface area contributed by atoms with Gasteiger partial charge < -0.3 is 31.9 Å². The number of nitrogens with two attached hydrogens (primary N) is 1. The fourth-order valence-electron chi connectivity index (χ4n) is 1.91. The van der Waals surface area contributed by atoms with E-state index in [1.807, 2.05) is 0 Å². The van der Waals surface area contributed by atoms with Gasteiger partial charge in [-0.15, -0.1) is 0 Å². The van der Waals surface area contributed by atoms with Crippen LogP contribution in [0.1, 0.15) is 27.7 Å². The molecule has 0 spiro atoms. The molecular weight excluding hydrogens is 364 g/mol. The molecule has 0 aromatic heterocycles. The lowest BCUT2D eigenvalue weighted by molar-refractivity contribution is -0.144. The summed E-state index contributed by atoms with van der Waals surface area (Å²) < 4.78 is 0. The van der Waals surface area contributed by atoms with Gasteiger partial charge in [-0.05, 0) is 19.8 Å². The molecule has 0 bridgehead atoms. The van der Waals surface area contributed by atoms with Crippen LogP contribution in [0.25, 0.3) is 0 Å². The van der Waals surface area contributed by atoms with Crippen molar-refractivity contribution in [2.24, 2.45) is 11.7 Å². The number of aliphatic hydroxyl groups is 1. The van der Waals surface area contributed by atoms with Gasteiger partial charge in [0.2, 0.25) is 17.7 Å². The molecule has 7 N–H and O–H groups in total. The smallest absolute Gasteiger partial charge is 0.326 e. The van der Waals surface area contributed by atoms with Crippen molar-refractivity contribution in [3.8, 4) is 0 Å². The Balaban J connectivity index is 5.14. The molecule has 0 radical (unpaired) electrons. The molecule has 0 aliphatic carbocycles. The standard InChI is InChI=1S/C15H28N4O6S/c1-6(2)10(15(24)25)18-14(23)11(8(4)20)19-13(22)9(5-26)17-12(21)7(3)16/h6-11,20,26H,5,16H2,1-4H3,(H,17,21)(H,18,23)(H,19,22)(H,24,25). The Labute approximate surface area is 157 Å². The highest BCUT2D eigenvalue weighted by Crippen LogP contribution is 2.04. The Morgan fingerprint density at radius 2 is 1.42 bits per heavy atom. The zero-order valence-electron chi connectivity index (χ0n) is 15.2. The molecule has 0 aliphatic heterocycles. The Bertz CT molecular complexity index is 526. The average molecular weight is 392 g/mol. The highest BCUT2D eigenvalue weighted by atomic mass is 32.1. The predicted molar refractivity (Wildman–Crippen MR) is 97.4 cm³/mol. The van der Waals surface area contributed by atoms with E-state index in [1.54, 1.807) is 13.8 Å². The Kier molecular flexibility index (Phi) is 10.2. The highest BCUT2D eigenvalue weighted by molar-refractivity contribution is 7.80. The van der Waals surface area contributed by atoms with E-state index in [9.17, 15) is 24.3 Å². The molecule has 150 valence electrons. The first-order chi connectivity index (χ1) is 11.9. The molecule has 0 saturated heterocycles. The van der Waals surface area contributed by atoms with E-state index in [-0.39, 0.29) is 5.75 Å². The van der Waals surface area contributed by atoms with Crippen LogP contribution < -0.4 is 21.7 Å². The highest BCUT2D eigenvalue weighted by Gasteiger charge is 2.32. The van der Waals surface area contributed by atoms with Gasteiger partial charge in [-0.3, -0.25) is 14.4 Å². The average Bonchev–Trinajstić information content (AvgIpc) is 2.53. The van der Waals surface area contributed by atoms with Crippen molar-refractivity contribution >= 4 is 36.3 Å². The number of aliphatic hydroxyl groups excluding tert-OH is 1. The van der Waals surface area contributed by atoms with Crippen molar-refractivity contribution < 1.29 is 29.4 Å². The fraction of sp³-hybridized carbons (Fsp3) is 0.733. The zero-order chi connectivity index (χ0) is 20.6. The van der Waals surface area contributed by atoms with Gasteiger partial charge >= 0.3 is 5.97 Å². The molecule has 0 fully saturated rings. The van der Waals surface area contributed by atoms with Gasteiger partial charge in [-0.25, -0.2) is 4.79 Å². The number of thiol groups is 1. The molecule has 3 amide bonds. The molecule has 11 heteroatoms. The number of amides is 3. The lowest BCUT2D eigenvalue weighted by atomic mass is 10.0. The summed E-state index contributed by atoms with van der Waals surface area (Å²) in [4.78, 5) is 47.4. The Hall–Kier alpha value is -1.85. The van der Waals surface area contributed by atoms with Crippen LogP contribution in [0.4, 0.5) is 0 Å². The second kappa shape index (κ2) is 11.0. The summed E-state index contributed by atoms with van der Waals surface area (Å²) in [6.07, 6.45) is -1.30. The maximum atomic E-state index is 12.3. The third kappa shape index (κ3) is 7.58. The first kappa shape index (κ1) is 24.1. The molecular formula is C15H28N4O6S. The molecule has 0 saturated carbocycles. The number of hydrogen-bond acceptors (Lipinski definition) is 7. The maximum Gasteiger partial charge on any atom is 0.326 e. The molecule has 5 atom stereocenters. The van der Waals surface area contributed by atoms with E-state index in [4.69, 9.17) is 10.8 Å². The van der Waals surface area contributed by atoms with Crippen molar-refractivity contribution in [3.05, 3.63) is 0 Å². The Morgan fingerprint density at radius 1 is 0.923 bits per heavy atom. The molecule has 26 heavy (non-hydrogen) atoms. The number of carbonyl (C=O) groups is 4. The summed E-state index contributed by atoms with van der Waals surface area (Å²) in [5.74, 6) is -3.90. The molecule has 0 heterocycles. The largest absolute Gasteiger partial charge is 0.480 e. The SMILES string of the molecule is CC(N)C(=O)NC(CS)C(=O)NC(C(=O)NC(C(=O)O)C(C)C)C(C)O. The first-order valence-electron chi connectivity index (χ1n) is 8.10. The zero-order valence-corrected chi connectivity index (χ0v) is 16.1. The van der Waals surface area contributed by atoms with Gasteiger partial charge in [-0.1, -0.05) is 13.8 Å². The van der Waals surface area contributed by atoms with Crippen molar-refractivity contribution in [2.75, 3.05) is 5.75 Å². The quantitative estimate of drug-likeness (QED) is 0.207. The van der Waals surface area contributed by atoms with E-state index in [0.29, 0.717) is 0 Å². The number of nitrogens with one attached hydrogen (secondary N) is 3. The number of hydrogen-bond donors (Lipinski definition) is 7. The van der Waals surface area contributed by atoms with Gasteiger partial charge in [0.25, 0.3) is 0 Å². The van der Waals surface area contributed by atoms with Crippen LogP contribution in [0.15, 0.2) is 0 Å². The van der Waals surface area contributed by atoms with Gasteiger partial charge in [0, 0.05) is 5.75 Å². The molecule has 5 unspecified atom stereocenters. The van der Waals surface area contributed by atoms with Crippen LogP contribution in [-0.2, 0) is 19.2 Å². The first-order valence-corrected chi connectivity index (χ1v) is 8.74. The van der Waals surface area contributed by atoms with Crippen molar-refractivity contribution in [3.63, 3.8) is 0 Å². The van der Waals surface area contributed by atoms with Gasteiger partial charge in [0.1, 0.15) is 18.1 Å². The Morgan fingerprint density at radius 3 is 1.77 bits per heavy atom. The van der Waals surface area contributed by atoms with Crippen LogP contribution in [-0.4, -0.2) is 69.9 Å². The maximum absolute atomic E-state index is 12.3. The van der Waals surface area contributed by atoms with E-state index >= 15 is 0 Å². The van der Waals surface area contributed by atoms with E-state index in [2.05, 4.69) is 28.6 Å². The van der Waals surface area contributed by atoms with Gasteiger partial charge in [0.15, 0.2) is 0 Å². The van der Waals surface area contributed by atoms with Gasteiger partial charge in [-0.2, -0.15) is 12.6 Å². The number of rotatable bonds is 10. The van der Waals surface area contributed by atoms with Crippen molar-refractivity contribution in [2.45, 2.75) is 58.0 Å². The summed E-state index contributed by atoms with van der Waals surface area (Å²) in [6, 6.07) is -4.51. The molecule has 0 aromatic carbocycles. The van der Waals surface area contributed by atoms with Crippen LogP contribution >= 0.6 is 12.6 Å². The summed E-state index contributed by atoms with van der Waals surface area (Å²) in [5.41, 5.74) is 5.42. The number of aliphatic carboxylic acids is 1. The summed E-state index contributed by atoms with van der Waals surface area (Å²) in [7, 11) is 0. The minimum Gasteiger partial charge on any atom is -0.480 e. The predicted octanol–water partition coefficient (Wildman–Crippen LogP) is -2.16. The lowest BCUT2D eigenvalue weighted by Gasteiger charge is -2.26.